The first-order chi connectivity index (χ1) is 41.3. The number of hydrogen-bond acceptors (Lipinski definition) is 10. The van der Waals surface area contributed by atoms with Gasteiger partial charge < -0.3 is 43.4 Å². The maximum atomic E-state index is 4.62. The maximum Gasteiger partial charge on any atom is 3.00 e. The fourth-order valence-electron chi connectivity index (χ4n) is 9.88. The molecule has 4 aliphatic rings. The molecule has 12 heteroatoms. The third kappa shape index (κ3) is 25.8. The summed E-state index contributed by atoms with van der Waals surface area (Å²) in [5.41, 5.74) is 20.7. The number of hydrogen-bond donors (Lipinski definition) is 0. The molecule has 0 fully saturated rings. The SMILES string of the molecule is C.CO[C-]=COC.[CH2-]/C(=C/OC)OC.[CH2-]/C(=C\OC)OC.[Ir+3].[Ir+3].[c-]1cc2c(cc1-c1ccccn1)CCCC2.[c-]1cc2c(cc1-c1ccccn1)CCCC2.[c-]1cc2c(cc1-c1ccccn1)CCCC2.c1ccc(-c2ccc3c(c2)CCCC3)nc1. The molecular weight excluding hydrogens is 1440 g/mol. The first-order valence-electron chi connectivity index (χ1n) is 29.0. The molecular formula is C75H86Ir2N4O6. The van der Waals surface area contributed by atoms with Crippen molar-refractivity contribution in [1.82, 2.24) is 19.9 Å². The van der Waals surface area contributed by atoms with Crippen molar-refractivity contribution in [3.63, 3.8) is 0 Å². The molecule has 0 spiro atoms. The van der Waals surface area contributed by atoms with E-state index in [1.54, 1.807) is 14.2 Å². The molecule has 0 saturated heterocycles. The van der Waals surface area contributed by atoms with Crippen LogP contribution < -0.4 is 0 Å². The van der Waals surface area contributed by atoms with E-state index in [4.69, 9.17) is 0 Å². The number of methoxy groups -OCH3 is 6. The molecule has 0 aliphatic heterocycles. The molecule has 0 bridgehead atoms. The van der Waals surface area contributed by atoms with E-state index in [-0.39, 0.29) is 47.6 Å². The summed E-state index contributed by atoms with van der Waals surface area (Å²) in [6.45, 7) is 6.92. The van der Waals surface area contributed by atoms with E-state index in [2.05, 4.69) is 147 Å². The normalized spacial score (nSPS) is 13.0. The summed E-state index contributed by atoms with van der Waals surface area (Å²) in [6, 6.07) is 54.2. The topological polar surface area (TPSA) is 107 Å². The molecule has 4 aliphatic carbocycles. The third-order valence-corrected chi connectivity index (χ3v) is 14.3. The maximum absolute atomic E-state index is 4.62. The van der Waals surface area contributed by atoms with E-state index in [1.165, 1.54) is 200 Å². The van der Waals surface area contributed by atoms with Crippen molar-refractivity contribution in [2.75, 3.05) is 42.7 Å². The van der Waals surface area contributed by atoms with Crippen LogP contribution in [0.25, 0.3) is 45.0 Å². The Morgan fingerprint density at radius 1 is 0.402 bits per heavy atom. The predicted molar refractivity (Wildman–Crippen MR) is 345 cm³/mol. The Morgan fingerprint density at radius 3 is 1.00 bits per heavy atom. The smallest absolute Gasteiger partial charge is 0.692 e. The fraction of sp³-hybridized carbons (Fsp3) is 0.307. The standard InChI is InChI=1S/C15H15N.3C15H14N.2C5H9O2.C4H7O2.CH4.2Ir/c4*1-2-6-13-11-14(9-8-12(13)5-1)15-7-3-4-10-16-15;2*1-5(7-3)4-6-2;1-5-3-4-6-2;;;/h3-4,7-11H,1-2,5-6H2;3*3-4,7-8,10-11H,1-2,5-6H2;2*4H,1H2,2-3H3;3H,1-2H3;1H4;;/q;6*-1;;2*+3/b;;;;5-4+;5-4-;;;;. The summed E-state index contributed by atoms with van der Waals surface area (Å²) in [6.07, 6.45) is 34.3. The number of pyridine rings is 4. The van der Waals surface area contributed by atoms with Gasteiger partial charge in [-0.1, -0.05) is 126 Å². The predicted octanol–water partition coefficient (Wildman–Crippen LogP) is 17.0. The van der Waals surface area contributed by atoms with Crippen molar-refractivity contribution in [1.29, 1.82) is 0 Å². The molecule has 4 aromatic carbocycles. The van der Waals surface area contributed by atoms with Crippen LogP contribution in [0.2, 0.25) is 0 Å². The second kappa shape index (κ2) is 43.2. The zero-order chi connectivity index (χ0) is 59.4. The van der Waals surface area contributed by atoms with Gasteiger partial charge in [0.05, 0.1) is 41.2 Å². The van der Waals surface area contributed by atoms with Crippen molar-refractivity contribution < 1.29 is 68.6 Å². The van der Waals surface area contributed by atoms with E-state index in [0.29, 0.717) is 11.5 Å². The largest absolute Gasteiger partial charge is 3.00 e. The van der Waals surface area contributed by atoms with Crippen LogP contribution >= 0.6 is 0 Å². The Kier molecular flexibility index (Phi) is 36.6. The number of fused-ring (bicyclic) bond motifs is 4. The zero-order valence-electron chi connectivity index (χ0n) is 50.8. The van der Waals surface area contributed by atoms with Crippen LogP contribution in [0.4, 0.5) is 0 Å². The Balaban J connectivity index is 0.000000273. The van der Waals surface area contributed by atoms with Crippen LogP contribution in [0.1, 0.15) is 103 Å². The fourth-order valence-corrected chi connectivity index (χ4v) is 9.88. The number of benzene rings is 4. The molecule has 12 rings (SSSR count). The molecule has 0 saturated carbocycles. The Hall–Kier alpha value is -7.46. The van der Waals surface area contributed by atoms with E-state index < -0.39 is 0 Å². The summed E-state index contributed by atoms with van der Waals surface area (Å²) in [7, 11) is 9.21. The van der Waals surface area contributed by atoms with Gasteiger partial charge in [0.1, 0.15) is 0 Å². The first kappa shape index (κ1) is 73.8. The average Bonchev–Trinajstić information content (AvgIpc) is 2.86. The second-order valence-electron chi connectivity index (χ2n) is 20.1. The Bertz CT molecular complexity index is 2830. The summed E-state index contributed by atoms with van der Waals surface area (Å²) in [5, 5.41) is 0. The number of ether oxygens (including phenoxy) is 6. The van der Waals surface area contributed by atoms with Gasteiger partial charge in [-0.25, -0.2) is 13.8 Å². The molecule has 0 N–H and O–H groups in total. The Morgan fingerprint density at radius 2 is 0.724 bits per heavy atom. The van der Waals surface area contributed by atoms with Crippen molar-refractivity contribution in [3.8, 4) is 45.0 Å². The van der Waals surface area contributed by atoms with Gasteiger partial charge in [-0.3, -0.25) is 11.2 Å². The van der Waals surface area contributed by atoms with Crippen LogP contribution in [0.5, 0.6) is 0 Å². The number of allylic oxidation sites excluding steroid dienone is 2. The van der Waals surface area contributed by atoms with Gasteiger partial charge in [-0.15, -0.1) is 105 Å². The van der Waals surface area contributed by atoms with Gasteiger partial charge in [0.2, 0.25) is 0 Å². The molecule has 0 radical (unpaired) electrons. The van der Waals surface area contributed by atoms with Gasteiger partial charge in [0.25, 0.3) is 0 Å². The minimum absolute atomic E-state index is 0. The molecule has 4 heterocycles. The van der Waals surface area contributed by atoms with Gasteiger partial charge in [-0.2, -0.15) is 0 Å². The minimum Gasteiger partial charge on any atom is -0.692 e. The quantitative estimate of drug-likeness (QED) is 0.0970. The summed E-state index contributed by atoms with van der Waals surface area (Å²) >= 11 is 0. The second-order valence-corrected chi connectivity index (χ2v) is 20.1. The molecule has 8 aromatic rings. The van der Waals surface area contributed by atoms with E-state index in [0.717, 1.165) is 39.5 Å². The monoisotopic (exact) mass is 1520 g/mol. The van der Waals surface area contributed by atoms with Crippen LogP contribution in [-0.4, -0.2) is 62.6 Å². The molecule has 0 amide bonds. The van der Waals surface area contributed by atoms with Crippen LogP contribution in [0.15, 0.2) is 182 Å². The number of aromatic nitrogens is 4. The number of aryl methyl sites for hydroxylation is 8. The van der Waals surface area contributed by atoms with Gasteiger partial charge in [0.15, 0.2) is 0 Å². The minimum atomic E-state index is 0. The molecule has 0 atom stereocenters. The van der Waals surface area contributed by atoms with E-state index in [1.807, 2.05) is 91.5 Å². The number of nitrogens with zero attached hydrogens (tertiary/aromatic N) is 4. The number of rotatable bonds is 10. The van der Waals surface area contributed by atoms with Gasteiger partial charge >= 0.3 is 40.2 Å². The summed E-state index contributed by atoms with van der Waals surface area (Å²) in [4.78, 5) is 17.5. The Labute approximate surface area is 548 Å². The summed E-state index contributed by atoms with van der Waals surface area (Å²) in [5.74, 6) is 1.06. The van der Waals surface area contributed by atoms with Crippen LogP contribution in [-0.2, 0) is 120 Å². The first-order valence-corrected chi connectivity index (χ1v) is 29.0. The molecule has 87 heavy (non-hydrogen) atoms. The molecule has 10 nitrogen and oxygen atoms in total. The van der Waals surface area contributed by atoms with E-state index >= 15 is 0 Å². The molecule has 4 aromatic heterocycles. The third-order valence-electron chi connectivity index (χ3n) is 14.3. The van der Waals surface area contributed by atoms with Crippen molar-refractivity contribution >= 4 is 0 Å². The van der Waals surface area contributed by atoms with Crippen LogP contribution in [0.3, 0.4) is 0 Å². The van der Waals surface area contributed by atoms with Crippen molar-refractivity contribution in [3.05, 3.63) is 265 Å². The van der Waals surface area contributed by atoms with Gasteiger partial charge in [-0.05, 0) is 134 Å². The van der Waals surface area contributed by atoms with Crippen LogP contribution in [0, 0.1) is 38.3 Å². The van der Waals surface area contributed by atoms with Crippen molar-refractivity contribution in [2.45, 2.75) is 110 Å². The van der Waals surface area contributed by atoms with Crippen molar-refractivity contribution in [2.24, 2.45) is 0 Å². The zero-order valence-corrected chi connectivity index (χ0v) is 55.6. The van der Waals surface area contributed by atoms with Gasteiger partial charge in [0, 0.05) is 37.5 Å². The summed E-state index contributed by atoms with van der Waals surface area (Å²) < 4.78 is 27.1. The van der Waals surface area contributed by atoms with E-state index in [9.17, 15) is 0 Å². The average molecular weight is 1520 g/mol. The molecule has 0 unspecified atom stereocenters. The molecule has 460 valence electrons.